The van der Waals surface area contributed by atoms with Gasteiger partial charge < -0.3 is 10.1 Å². The van der Waals surface area contributed by atoms with Gasteiger partial charge in [0.2, 0.25) is 0 Å². The maximum atomic E-state index is 5.31. The Morgan fingerprint density at radius 2 is 2.40 bits per heavy atom. The predicted molar refractivity (Wildman–Crippen MR) is 62.5 cm³/mol. The van der Waals surface area contributed by atoms with Crippen LogP contribution < -0.4 is 5.32 Å². The van der Waals surface area contributed by atoms with Crippen molar-refractivity contribution in [3.05, 3.63) is 15.6 Å². The van der Waals surface area contributed by atoms with E-state index < -0.39 is 0 Å². The minimum atomic E-state index is 0.562. The molecular weight excluding hydrogens is 208 g/mol. The third-order valence-electron chi connectivity index (χ3n) is 2.77. The highest BCUT2D eigenvalue weighted by Crippen LogP contribution is 2.16. The monoisotopic (exact) mass is 226 g/mol. The number of hydrogen-bond acceptors (Lipinski definition) is 4. The number of aromatic nitrogens is 1. The maximum Gasteiger partial charge on any atom is 0.0943 e. The third-order valence-corrected chi connectivity index (χ3v) is 3.91. The lowest BCUT2D eigenvalue weighted by molar-refractivity contribution is 0.190. The lowest BCUT2D eigenvalue weighted by Gasteiger charge is -2.08. The fourth-order valence-electron chi connectivity index (χ4n) is 1.72. The fourth-order valence-corrected chi connectivity index (χ4v) is 2.66. The van der Waals surface area contributed by atoms with Crippen LogP contribution in [0.3, 0.4) is 0 Å². The third kappa shape index (κ3) is 3.00. The number of ether oxygens (including phenoxy) is 1. The van der Waals surface area contributed by atoms with Crippen molar-refractivity contribution < 1.29 is 4.74 Å². The molecule has 4 heteroatoms. The van der Waals surface area contributed by atoms with Crippen molar-refractivity contribution in [2.45, 2.75) is 32.7 Å². The summed E-state index contributed by atoms with van der Waals surface area (Å²) in [6.45, 7) is 7.01. The molecule has 15 heavy (non-hydrogen) atoms. The van der Waals surface area contributed by atoms with Gasteiger partial charge in [-0.05, 0) is 20.3 Å². The Kier molecular flexibility index (Phi) is 3.72. The Hall–Kier alpha value is -0.450. The molecule has 3 nitrogen and oxygen atoms in total. The van der Waals surface area contributed by atoms with Crippen LogP contribution in [0.2, 0.25) is 0 Å². The van der Waals surface area contributed by atoms with Crippen molar-refractivity contribution in [1.82, 2.24) is 10.3 Å². The van der Waals surface area contributed by atoms with E-state index in [4.69, 9.17) is 4.74 Å². The Balaban J connectivity index is 1.73. The molecule has 0 aliphatic carbocycles. The maximum absolute atomic E-state index is 5.31. The number of thiazole rings is 1. The fraction of sp³-hybridized carbons (Fsp3) is 0.727. The van der Waals surface area contributed by atoms with Gasteiger partial charge in [-0.2, -0.15) is 0 Å². The van der Waals surface area contributed by atoms with E-state index in [2.05, 4.69) is 24.1 Å². The molecule has 0 bridgehead atoms. The molecule has 0 spiro atoms. The first-order chi connectivity index (χ1) is 7.25. The summed E-state index contributed by atoms with van der Waals surface area (Å²) in [4.78, 5) is 5.86. The molecule has 84 valence electrons. The second-order valence-electron chi connectivity index (χ2n) is 4.01. The summed E-state index contributed by atoms with van der Waals surface area (Å²) in [6.07, 6.45) is 2.19. The minimum Gasteiger partial charge on any atom is -0.380 e. The Morgan fingerprint density at radius 1 is 1.53 bits per heavy atom. The van der Waals surface area contributed by atoms with Crippen LogP contribution in [-0.2, 0) is 11.2 Å². The van der Waals surface area contributed by atoms with E-state index in [-0.39, 0.29) is 0 Å². The first-order valence-corrected chi connectivity index (χ1v) is 6.31. The van der Waals surface area contributed by atoms with Crippen LogP contribution in [-0.4, -0.2) is 30.8 Å². The summed E-state index contributed by atoms with van der Waals surface area (Å²) >= 11 is 1.81. The summed E-state index contributed by atoms with van der Waals surface area (Å²) in [7, 11) is 0. The van der Waals surface area contributed by atoms with Crippen molar-refractivity contribution >= 4 is 11.3 Å². The Labute approximate surface area is 94.9 Å². The molecule has 0 amide bonds. The largest absolute Gasteiger partial charge is 0.380 e. The number of hydrogen-bond donors (Lipinski definition) is 1. The van der Waals surface area contributed by atoms with E-state index in [0.29, 0.717) is 6.04 Å². The van der Waals surface area contributed by atoms with Crippen LogP contribution in [0.4, 0.5) is 0 Å². The molecule has 1 saturated heterocycles. The van der Waals surface area contributed by atoms with E-state index >= 15 is 0 Å². The molecule has 1 atom stereocenters. The van der Waals surface area contributed by atoms with Crippen LogP contribution in [0, 0.1) is 13.8 Å². The molecule has 1 fully saturated rings. The highest BCUT2D eigenvalue weighted by atomic mass is 32.1. The van der Waals surface area contributed by atoms with E-state index in [1.165, 1.54) is 15.6 Å². The van der Waals surface area contributed by atoms with Gasteiger partial charge in [-0.15, -0.1) is 11.3 Å². The normalized spacial score (nSPS) is 21.1. The average molecular weight is 226 g/mol. The molecule has 1 aromatic heterocycles. The number of aryl methyl sites for hydroxylation is 2. The molecule has 2 rings (SSSR count). The van der Waals surface area contributed by atoms with Gasteiger partial charge in [-0.25, -0.2) is 4.98 Å². The Bertz CT molecular complexity index is 299. The van der Waals surface area contributed by atoms with Gasteiger partial charge in [0, 0.05) is 30.5 Å². The molecule has 1 aliphatic heterocycles. The van der Waals surface area contributed by atoms with Crippen LogP contribution in [0.15, 0.2) is 0 Å². The zero-order valence-electron chi connectivity index (χ0n) is 9.38. The molecule has 0 aromatic carbocycles. The van der Waals surface area contributed by atoms with E-state index in [9.17, 15) is 0 Å². The van der Waals surface area contributed by atoms with Crippen molar-refractivity contribution in [1.29, 1.82) is 0 Å². The SMILES string of the molecule is Cc1nc(CCNC2CCOC2)sc1C. The summed E-state index contributed by atoms with van der Waals surface area (Å²) in [6, 6.07) is 0.562. The topological polar surface area (TPSA) is 34.2 Å². The van der Waals surface area contributed by atoms with Crippen molar-refractivity contribution in [2.24, 2.45) is 0 Å². The van der Waals surface area contributed by atoms with Crippen molar-refractivity contribution in [2.75, 3.05) is 19.8 Å². The predicted octanol–water partition coefficient (Wildman–Crippen LogP) is 1.68. The Morgan fingerprint density at radius 3 is 3.00 bits per heavy atom. The number of rotatable bonds is 4. The molecule has 0 saturated carbocycles. The average Bonchev–Trinajstić information content (AvgIpc) is 2.79. The second kappa shape index (κ2) is 5.05. The first-order valence-electron chi connectivity index (χ1n) is 5.50. The van der Waals surface area contributed by atoms with Crippen LogP contribution in [0.25, 0.3) is 0 Å². The van der Waals surface area contributed by atoms with Crippen LogP contribution in [0.1, 0.15) is 22.0 Å². The smallest absolute Gasteiger partial charge is 0.0943 e. The van der Waals surface area contributed by atoms with Crippen LogP contribution in [0.5, 0.6) is 0 Å². The molecule has 0 radical (unpaired) electrons. The van der Waals surface area contributed by atoms with Crippen LogP contribution >= 0.6 is 11.3 Å². The molecule has 2 heterocycles. The molecule has 1 unspecified atom stereocenters. The highest BCUT2D eigenvalue weighted by molar-refractivity contribution is 7.11. The summed E-state index contributed by atoms with van der Waals surface area (Å²) in [5.74, 6) is 0. The van der Waals surface area contributed by atoms with Gasteiger partial charge in [-0.3, -0.25) is 0 Å². The van der Waals surface area contributed by atoms with E-state index in [0.717, 1.165) is 32.6 Å². The quantitative estimate of drug-likeness (QED) is 0.848. The highest BCUT2D eigenvalue weighted by Gasteiger charge is 2.14. The molecule has 1 aliphatic rings. The van der Waals surface area contributed by atoms with Crippen molar-refractivity contribution in [3.8, 4) is 0 Å². The summed E-state index contributed by atoms with van der Waals surface area (Å²) in [5, 5.41) is 4.75. The summed E-state index contributed by atoms with van der Waals surface area (Å²) < 4.78 is 5.31. The number of nitrogens with one attached hydrogen (secondary N) is 1. The van der Waals surface area contributed by atoms with Gasteiger partial charge in [0.05, 0.1) is 17.3 Å². The van der Waals surface area contributed by atoms with Gasteiger partial charge in [-0.1, -0.05) is 0 Å². The molecule has 1 aromatic rings. The second-order valence-corrected chi connectivity index (χ2v) is 5.30. The van der Waals surface area contributed by atoms with Gasteiger partial charge in [0.1, 0.15) is 0 Å². The standard InChI is InChI=1S/C11H18N2OS/c1-8-9(2)15-11(13-8)3-5-12-10-4-6-14-7-10/h10,12H,3-7H2,1-2H3. The summed E-state index contributed by atoms with van der Waals surface area (Å²) in [5.41, 5.74) is 1.18. The molecule has 1 N–H and O–H groups in total. The zero-order chi connectivity index (χ0) is 10.7. The van der Waals surface area contributed by atoms with Gasteiger partial charge in [0.25, 0.3) is 0 Å². The lowest BCUT2D eigenvalue weighted by Crippen LogP contribution is -2.30. The number of nitrogens with zero attached hydrogens (tertiary/aromatic N) is 1. The van der Waals surface area contributed by atoms with E-state index in [1.807, 2.05) is 11.3 Å². The lowest BCUT2D eigenvalue weighted by atomic mass is 10.2. The first kappa shape index (κ1) is 11.0. The molecular formula is C11H18N2OS. The van der Waals surface area contributed by atoms with Crippen molar-refractivity contribution in [3.63, 3.8) is 0 Å². The minimum absolute atomic E-state index is 0.562. The van der Waals surface area contributed by atoms with Gasteiger partial charge in [0.15, 0.2) is 0 Å². The zero-order valence-corrected chi connectivity index (χ0v) is 10.2. The van der Waals surface area contributed by atoms with Gasteiger partial charge >= 0.3 is 0 Å². The van der Waals surface area contributed by atoms with E-state index in [1.54, 1.807) is 0 Å².